The Morgan fingerprint density at radius 2 is 2.00 bits per heavy atom. The van der Waals surface area contributed by atoms with Gasteiger partial charge < -0.3 is 19.7 Å². The number of nitrogens with zero attached hydrogens (tertiary/aromatic N) is 1. The van der Waals surface area contributed by atoms with Crippen molar-refractivity contribution in [3.63, 3.8) is 0 Å². The van der Waals surface area contributed by atoms with E-state index in [4.69, 9.17) is 9.47 Å². The number of thiophene rings is 1. The maximum Gasteiger partial charge on any atom is 0.222 e. The molecular weight excluding hydrogens is 388 g/mol. The molecule has 1 fully saturated rings. The van der Waals surface area contributed by atoms with E-state index in [1.165, 1.54) is 0 Å². The van der Waals surface area contributed by atoms with Gasteiger partial charge in [0.25, 0.3) is 0 Å². The van der Waals surface area contributed by atoms with Crippen molar-refractivity contribution < 1.29 is 19.1 Å². The standard InChI is InChI=1S/C22H28N2O4S/c1-24(14-17-8-11-29-15-17)21(26)7-10-22(9-6-20(25)23-22)13-16-4-5-18(27-2)19(12-16)28-3/h4-5,8,11-12,15H,6-7,9-10,13-14H2,1-3H3,(H,23,25). The van der Waals surface area contributed by atoms with Crippen LogP contribution in [0.25, 0.3) is 0 Å². The van der Waals surface area contributed by atoms with Crippen molar-refractivity contribution in [1.82, 2.24) is 10.2 Å². The van der Waals surface area contributed by atoms with Crippen LogP contribution in [-0.2, 0) is 22.6 Å². The van der Waals surface area contributed by atoms with Gasteiger partial charge in [-0.05, 0) is 59.3 Å². The largest absolute Gasteiger partial charge is 0.493 e. The van der Waals surface area contributed by atoms with Gasteiger partial charge in [-0.15, -0.1) is 0 Å². The van der Waals surface area contributed by atoms with Gasteiger partial charge in [0.05, 0.1) is 14.2 Å². The number of carbonyl (C=O) groups excluding carboxylic acids is 2. The van der Waals surface area contributed by atoms with Crippen LogP contribution in [0.4, 0.5) is 0 Å². The second-order valence-corrected chi connectivity index (χ2v) is 8.36. The van der Waals surface area contributed by atoms with Crippen molar-refractivity contribution >= 4 is 23.2 Å². The summed E-state index contributed by atoms with van der Waals surface area (Å²) < 4.78 is 10.7. The first-order valence-electron chi connectivity index (χ1n) is 9.72. The molecule has 0 aliphatic carbocycles. The van der Waals surface area contributed by atoms with Gasteiger partial charge in [0.2, 0.25) is 11.8 Å². The molecule has 29 heavy (non-hydrogen) atoms. The third kappa shape index (κ3) is 5.29. The van der Waals surface area contributed by atoms with E-state index in [2.05, 4.69) is 10.7 Å². The Bertz CT molecular complexity index is 853. The van der Waals surface area contributed by atoms with Gasteiger partial charge in [-0.25, -0.2) is 0 Å². The van der Waals surface area contributed by atoms with Crippen molar-refractivity contribution in [2.24, 2.45) is 0 Å². The Morgan fingerprint density at radius 3 is 2.62 bits per heavy atom. The molecule has 1 aliphatic heterocycles. The molecule has 0 bridgehead atoms. The van der Waals surface area contributed by atoms with E-state index >= 15 is 0 Å². The summed E-state index contributed by atoms with van der Waals surface area (Å²) in [5.74, 6) is 1.47. The van der Waals surface area contributed by atoms with Gasteiger partial charge in [-0.2, -0.15) is 11.3 Å². The summed E-state index contributed by atoms with van der Waals surface area (Å²) in [5, 5.41) is 7.21. The normalized spacial score (nSPS) is 18.4. The predicted molar refractivity (Wildman–Crippen MR) is 113 cm³/mol. The molecule has 2 amide bonds. The molecule has 2 heterocycles. The lowest BCUT2D eigenvalue weighted by Gasteiger charge is -2.30. The average Bonchev–Trinajstić information content (AvgIpc) is 3.36. The summed E-state index contributed by atoms with van der Waals surface area (Å²) in [6, 6.07) is 7.83. The molecule has 1 atom stereocenters. The van der Waals surface area contributed by atoms with Crippen molar-refractivity contribution in [1.29, 1.82) is 0 Å². The van der Waals surface area contributed by atoms with Crippen LogP contribution in [-0.4, -0.2) is 43.5 Å². The van der Waals surface area contributed by atoms with Crippen LogP contribution in [0.15, 0.2) is 35.0 Å². The van der Waals surface area contributed by atoms with Crippen LogP contribution in [0, 0.1) is 0 Å². The van der Waals surface area contributed by atoms with Gasteiger partial charge in [-0.3, -0.25) is 9.59 Å². The lowest BCUT2D eigenvalue weighted by Crippen LogP contribution is -2.44. The molecule has 0 radical (unpaired) electrons. The first-order valence-corrected chi connectivity index (χ1v) is 10.7. The number of nitrogens with one attached hydrogen (secondary N) is 1. The maximum atomic E-state index is 12.7. The molecule has 1 N–H and O–H groups in total. The summed E-state index contributed by atoms with van der Waals surface area (Å²) in [4.78, 5) is 26.4. The Balaban J connectivity index is 1.67. The molecule has 1 aromatic heterocycles. The van der Waals surface area contributed by atoms with E-state index in [1.54, 1.807) is 30.5 Å². The van der Waals surface area contributed by atoms with E-state index in [1.807, 2.05) is 36.7 Å². The third-order valence-electron chi connectivity index (χ3n) is 5.47. The average molecular weight is 417 g/mol. The van der Waals surface area contributed by atoms with E-state index in [-0.39, 0.29) is 11.8 Å². The Kier molecular flexibility index (Phi) is 6.79. The maximum absolute atomic E-state index is 12.7. The Labute approximate surface area is 175 Å². The fraction of sp³-hybridized carbons (Fsp3) is 0.455. The number of benzene rings is 1. The smallest absolute Gasteiger partial charge is 0.222 e. The highest BCUT2D eigenvalue weighted by atomic mass is 32.1. The minimum absolute atomic E-state index is 0.0459. The number of ether oxygens (including phenoxy) is 2. The summed E-state index contributed by atoms with van der Waals surface area (Å²) in [5.41, 5.74) is 1.78. The zero-order chi connectivity index (χ0) is 20.9. The Hall–Kier alpha value is -2.54. The van der Waals surface area contributed by atoms with Crippen molar-refractivity contribution in [2.45, 2.75) is 44.2 Å². The van der Waals surface area contributed by atoms with Crippen molar-refractivity contribution in [2.75, 3.05) is 21.3 Å². The van der Waals surface area contributed by atoms with Gasteiger partial charge in [0.1, 0.15) is 0 Å². The minimum atomic E-state index is -0.407. The number of carbonyl (C=O) groups is 2. The van der Waals surface area contributed by atoms with E-state index in [0.29, 0.717) is 43.7 Å². The fourth-order valence-corrected chi connectivity index (χ4v) is 4.50. The van der Waals surface area contributed by atoms with Crippen LogP contribution in [0.2, 0.25) is 0 Å². The lowest BCUT2D eigenvalue weighted by atomic mass is 9.84. The quantitative estimate of drug-likeness (QED) is 0.680. The van der Waals surface area contributed by atoms with Gasteiger partial charge in [-0.1, -0.05) is 6.07 Å². The van der Waals surface area contributed by atoms with Crippen LogP contribution < -0.4 is 14.8 Å². The molecular formula is C22H28N2O4S. The number of hydrogen-bond donors (Lipinski definition) is 1. The number of hydrogen-bond acceptors (Lipinski definition) is 5. The molecule has 156 valence electrons. The summed E-state index contributed by atoms with van der Waals surface area (Å²) >= 11 is 1.63. The van der Waals surface area contributed by atoms with Gasteiger partial charge >= 0.3 is 0 Å². The van der Waals surface area contributed by atoms with Crippen LogP contribution in [0.1, 0.15) is 36.8 Å². The first-order chi connectivity index (χ1) is 13.9. The fourth-order valence-electron chi connectivity index (χ4n) is 3.85. The highest BCUT2D eigenvalue weighted by Gasteiger charge is 2.38. The molecule has 6 nitrogen and oxygen atoms in total. The number of rotatable bonds is 9. The van der Waals surface area contributed by atoms with E-state index < -0.39 is 5.54 Å². The molecule has 1 aliphatic rings. The van der Waals surface area contributed by atoms with Gasteiger partial charge in [0, 0.05) is 32.0 Å². The molecule has 2 aromatic rings. The zero-order valence-electron chi connectivity index (χ0n) is 17.2. The lowest BCUT2D eigenvalue weighted by molar-refractivity contribution is -0.131. The van der Waals surface area contributed by atoms with Crippen LogP contribution in [0.5, 0.6) is 11.5 Å². The molecule has 0 saturated carbocycles. The van der Waals surface area contributed by atoms with Crippen molar-refractivity contribution in [3.05, 3.63) is 46.2 Å². The van der Waals surface area contributed by atoms with E-state index in [9.17, 15) is 9.59 Å². The minimum Gasteiger partial charge on any atom is -0.493 e. The van der Waals surface area contributed by atoms with Crippen LogP contribution >= 0.6 is 11.3 Å². The molecule has 1 unspecified atom stereocenters. The van der Waals surface area contributed by atoms with Gasteiger partial charge in [0.15, 0.2) is 11.5 Å². The van der Waals surface area contributed by atoms with Crippen molar-refractivity contribution in [3.8, 4) is 11.5 Å². The monoisotopic (exact) mass is 416 g/mol. The highest BCUT2D eigenvalue weighted by Crippen LogP contribution is 2.33. The molecule has 1 aromatic carbocycles. The highest BCUT2D eigenvalue weighted by molar-refractivity contribution is 7.07. The summed E-state index contributed by atoms with van der Waals surface area (Å²) in [6.45, 7) is 0.609. The first kappa shape index (κ1) is 21.2. The molecule has 7 heteroatoms. The zero-order valence-corrected chi connectivity index (χ0v) is 18.0. The SMILES string of the molecule is COc1ccc(CC2(CCC(=O)N(C)Cc3ccsc3)CCC(=O)N2)cc1OC. The second-order valence-electron chi connectivity index (χ2n) is 7.58. The third-order valence-corrected chi connectivity index (χ3v) is 6.20. The topological polar surface area (TPSA) is 67.9 Å². The van der Waals surface area contributed by atoms with E-state index in [0.717, 1.165) is 17.5 Å². The summed E-state index contributed by atoms with van der Waals surface area (Å²) in [7, 11) is 5.04. The predicted octanol–water partition coefficient (Wildman–Crippen LogP) is 3.40. The van der Waals surface area contributed by atoms with Crippen LogP contribution in [0.3, 0.4) is 0 Å². The summed E-state index contributed by atoms with van der Waals surface area (Å²) in [6.07, 6.45) is 2.88. The molecule has 3 rings (SSSR count). The second kappa shape index (κ2) is 9.31. The molecule has 1 saturated heterocycles. The number of methoxy groups -OCH3 is 2. The number of amides is 2. The Morgan fingerprint density at radius 1 is 1.21 bits per heavy atom. The molecule has 0 spiro atoms.